The largest absolute Gasteiger partial charge is 0.289 e. The number of carbonyl (C=O) groups excluding carboxylic acids is 1. The van der Waals surface area contributed by atoms with Crippen LogP contribution in [0, 0.1) is 0 Å². The Morgan fingerprint density at radius 1 is 0.857 bits per heavy atom. The van der Waals surface area contributed by atoms with E-state index in [0.717, 1.165) is 15.2 Å². The summed E-state index contributed by atoms with van der Waals surface area (Å²) in [6.07, 6.45) is 0. The van der Waals surface area contributed by atoms with E-state index in [2.05, 4.69) is 15.9 Å². The summed E-state index contributed by atoms with van der Waals surface area (Å²) in [5, 5.41) is 2.97. The van der Waals surface area contributed by atoms with Crippen molar-refractivity contribution in [1.29, 1.82) is 0 Å². The van der Waals surface area contributed by atoms with Gasteiger partial charge in [-0.15, -0.1) is 0 Å². The maximum Gasteiger partial charge on any atom is 0.194 e. The van der Waals surface area contributed by atoms with E-state index in [0.29, 0.717) is 21.2 Å². The van der Waals surface area contributed by atoms with Gasteiger partial charge in [-0.1, -0.05) is 57.3 Å². The number of halogens is 3. The topological polar surface area (TPSA) is 17.1 Å². The SMILES string of the molecule is O=C(c1ccc2cc(Br)ccc2c1)c1cc(Cl)ccc1Cl. The molecular formula is C17H9BrCl2O. The Labute approximate surface area is 140 Å². The Bertz CT molecular complexity index is 859. The van der Waals surface area contributed by atoms with Gasteiger partial charge in [0.1, 0.15) is 0 Å². The Morgan fingerprint density at radius 3 is 2.38 bits per heavy atom. The Kier molecular flexibility index (Phi) is 4.03. The molecule has 0 aromatic heterocycles. The summed E-state index contributed by atoms with van der Waals surface area (Å²) in [6, 6.07) is 16.4. The summed E-state index contributed by atoms with van der Waals surface area (Å²) < 4.78 is 1.01. The maximum atomic E-state index is 12.6. The first-order valence-corrected chi connectivity index (χ1v) is 7.78. The Balaban J connectivity index is 2.09. The minimum Gasteiger partial charge on any atom is -0.289 e. The lowest BCUT2D eigenvalue weighted by atomic mass is 10.00. The molecule has 0 unspecified atom stereocenters. The van der Waals surface area contributed by atoms with Crippen molar-refractivity contribution in [2.24, 2.45) is 0 Å². The molecule has 3 rings (SSSR count). The maximum absolute atomic E-state index is 12.6. The second kappa shape index (κ2) is 5.80. The van der Waals surface area contributed by atoms with E-state index in [1.54, 1.807) is 24.3 Å². The number of rotatable bonds is 2. The van der Waals surface area contributed by atoms with Crippen LogP contribution in [0.1, 0.15) is 15.9 Å². The molecule has 104 valence electrons. The molecule has 0 atom stereocenters. The molecule has 3 aromatic rings. The molecular weight excluding hydrogens is 371 g/mol. The Hall–Kier alpha value is -1.35. The minimum atomic E-state index is -0.132. The van der Waals surface area contributed by atoms with Crippen LogP contribution in [0.25, 0.3) is 10.8 Å². The molecule has 3 aromatic carbocycles. The van der Waals surface area contributed by atoms with Crippen LogP contribution >= 0.6 is 39.1 Å². The summed E-state index contributed by atoms with van der Waals surface area (Å²) in [4.78, 5) is 12.6. The van der Waals surface area contributed by atoms with Crippen LogP contribution in [-0.2, 0) is 0 Å². The fourth-order valence-corrected chi connectivity index (χ4v) is 2.94. The quantitative estimate of drug-likeness (QED) is 0.488. The van der Waals surface area contributed by atoms with Gasteiger partial charge in [0.2, 0.25) is 0 Å². The lowest BCUT2D eigenvalue weighted by Crippen LogP contribution is -2.02. The van der Waals surface area contributed by atoms with Gasteiger partial charge in [0.25, 0.3) is 0 Å². The van der Waals surface area contributed by atoms with E-state index >= 15 is 0 Å². The first-order chi connectivity index (χ1) is 10.0. The van der Waals surface area contributed by atoms with Crippen molar-refractivity contribution in [3.8, 4) is 0 Å². The van der Waals surface area contributed by atoms with E-state index in [1.807, 2.05) is 30.3 Å². The molecule has 0 aliphatic carbocycles. The minimum absolute atomic E-state index is 0.132. The first kappa shape index (κ1) is 14.6. The first-order valence-electron chi connectivity index (χ1n) is 6.24. The molecule has 0 aliphatic heterocycles. The van der Waals surface area contributed by atoms with Crippen molar-refractivity contribution in [3.05, 3.63) is 80.2 Å². The van der Waals surface area contributed by atoms with Crippen LogP contribution in [0.4, 0.5) is 0 Å². The van der Waals surface area contributed by atoms with Gasteiger partial charge in [-0.25, -0.2) is 0 Å². The van der Waals surface area contributed by atoms with Crippen molar-refractivity contribution in [2.75, 3.05) is 0 Å². The van der Waals surface area contributed by atoms with Crippen LogP contribution in [0.3, 0.4) is 0 Å². The summed E-state index contributed by atoms with van der Waals surface area (Å²) in [5.74, 6) is -0.132. The molecule has 0 amide bonds. The standard InChI is InChI=1S/C17H9BrCl2O/c18-13-4-3-10-7-12(2-1-11(10)8-13)17(21)15-9-14(19)5-6-16(15)20/h1-9H. The third-order valence-electron chi connectivity index (χ3n) is 3.24. The van der Waals surface area contributed by atoms with Crippen molar-refractivity contribution in [1.82, 2.24) is 0 Å². The van der Waals surface area contributed by atoms with E-state index in [4.69, 9.17) is 23.2 Å². The molecule has 4 heteroatoms. The van der Waals surface area contributed by atoms with Crippen LogP contribution in [0.15, 0.2) is 59.1 Å². The summed E-state index contributed by atoms with van der Waals surface area (Å²) in [5.41, 5.74) is 1.01. The summed E-state index contributed by atoms with van der Waals surface area (Å²) >= 11 is 15.5. The number of carbonyl (C=O) groups is 1. The Morgan fingerprint density at radius 2 is 1.57 bits per heavy atom. The van der Waals surface area contributed by atoms with E-state index in [1.165, 1.54) is 0 Å². The fraction of sp³-hybridized carbons (Fsp3) is 0. The smallest absolute Gasteiger partial charge is 0.194 e. The van der Waals surface area contributed by atoms with Crippen LogP contribution in [0.2, 0.25) is 10.0 Å². The van der Waals surface area contributed by atoms with Gasteiger partial charge in [0, 0.05) is 20.6 Å². The number of benzene rings is 3. The zero-order chi connectivity index (χ0) is 15.0. The zero-order valence-corrected chi connectivity index (χ0v) is 13.8. The van der Waals surface area contributed by atoms with Gasteiger partial charge in [0.15, 0.2) is 5.78 Å². The molecule has 21 heavy (non-hydrogen) atoms. The molecule has 0 fully saturated rings. The molecule has 0 heterocycles. The average molecular weight is 380 g/mol. The third-order valence-corrected chi connectivity index (χ3v) is 4.30. The summed E-state index contributed by atoms with van der Waals surface area (Å²) in [6.45, 7) is 0. The second-order valence-electron chi connectivity index (χ2n) is 4.66. The molecule has 0 radical (unpaired) electrons. The lowest BCUT2D eigenvalue weighted by molar-refractivity contribution is 0.103. The van der Waals surface area contributed by atoms with Gasteiger partial charge < -0.3 is 0 Å². The lowest BCUT2D eigenvalue weighted by Gasteiger charge is -2.06. The molecule has 0 aliphatic rings. The normalized spacial score (nSPS) is 10.8. The highest BCUT2D eigenvalue weighted by atomic mass is 79.9. The number of fused-ring (bicyclic) bond motifs is 1. The van der Waals surface area contributed by atoms with Gasteiger partial charge in [-0.3, -0.25) is 4.79 Å². The highest BCUT2D eigenvalue weighted by Crippen LogP contribution is 2.26. The monoisotopic (exact) mass is 378 g/mol. The highest BCUT2D eigenvalue weighted by Gasteiger charge is 2.14. The number of hydrogen-bond donors (Lipinski definition) is 0. The van der Waals surface area contributed by atoms with Gasteiger partial charge in [0.05, 0.1) is 5.02 Å². The summed E-state index contributed by atoms with van der Waals surface area (Å²) in [7, 11) is 0. The van der Waals surface area contributed by atoms with Gasteiger partial charge in [-0.05, 0) is 47.2 Å². The second-order valence-corrected chi connectivity index (χ2v) is 6.42. The molecule has 0 saturated carbocycles. The van der Waals surface area contributed by atoms with Crippen molar-refractivity contribution >= 4 is 55.7 Å². The van der Waals surface area contributed by atoms with Crippen LogP contribution in [0.5, 0.6) is 0 Å². The number of ketones is 1. The zero-order valence-electron chi connectivity index (χ0n) is 10.7. The molecule has 0 N–H and O–H groups in total. The van der Waals surface area contributed by atoms with Crippen molar-refractivity contribution in [3.63, 3.8) is 0 Å². The number of hydrogen-bond acceptors (Lipinski definition) is 1. The molecule has 0 spiro atoms. The molecule has 0 bridgehead atoms. The molecule has 1 nitrogen and oxygen atoms in total. The third kappa shape index (κ3) is 2.98. The van der Waals surface area contributed by atoms with Crippen LogP contribution < -0.4 is 0 Å². The fourth-order valence-electron chi connectivity index (χ4n) is 2.18. The van der Waals surface area contributed by atoms with Gasteiger partial charge in [-0.2, -0.15) is 0 Å². The van der Waals surface area contributed by atoms with Crippen molar-refractivity contribution < 1.29 is 4.79 Å². The highest BCUT2D eigenvalue weighted by molar-refractivity contribution is 9.10. The predicted octanol–water partition coefficient (Wildman–Crippen LogP) is 6.14. The van der Waals surface area contributed by atoms with E-state index < -0.39 is 0 Å². The van der Waals surface area contributed by atoms with Gasteiger partial charge >= 0.3 is 0 Å². The van der Waals surface area contributed by atoms with Crippen molar-refractivity contribution in [2.45, 2.75) is 0 Å². The van der Waals surface area contributed by atoms with Crippen LogP contribution in [-0.4, -0.2) is 5.78 Å². The molecule has 0 saturated heterocycles. The average Bonchev–Trinajstić information content (AvgIpc) is 2.48. The van der Waals surface area contributed by atoms with E-state index in [9.17, 15) is 4.79 Å². The van der Waals surface area contributed by atoms with E-state index in [-0.39, 0.29) is 5.78 Å². The predicted molar refractivity (Wildman–Crippen MR) is 91.5 cm³/mol.